The Hall–Kier alpha value is -0.450. The molecule has 4 nitrogen and oxygen atoms in total. The number of carbonyl (C=O) groups excluding carboxylic acids is 1. The summed E-state index contributed by atoms with van der Waals surface area (Å²) in [6.45, 7) is 7.80. The Kier molecular flexibility index (Phi) is 19.7. The predicted molar refractivity (Wildman–Crippen MR) is 134 cm³/mol. The molecule has 184 valence electrons. The van der Waals surface area contributed by atoms with Crippen molar-refractivity contribution < 1.29 is 9.90 Å². The van der Waals surface area contributed by atoms with Gasteiger partial charge in [0, 0.05) is 39.1 Å². The minimum Gasteiger partial charge on any atom is -0.395 e. The van der Waals surface area contributed by atoms with Crippen molar-refractivity contribution in [1.82, 2.24) is 9.80 Å². The number of unbranched alkanes of at least 4 members (excludes halogenated alkanes) is 16. The Labute approximate surface area is 194 Å². The first-order valence-corrected chi connectivity index (χ1v) is 13.8. The van der Waals surface area contributed by atoms with Crippen molar-refractivity contribution in [3.8, 4) is 0 Å². The molecule has 1 aliphatic rings. The molecule has 0 aliphatic carbocycles. The Balaban J connectivity index is 1.76. The number of nitrogens with zero attached hydrogens (tertiary/aromatic N) is 2. The molecule has 0 spiro atoms. The van der Waals surface area contributed by atoms with Gasteiger partial charge in [0.2, 0.25) is 0 Å². The number of hydrogen-bond acceptors (Lipinski definition) is 4. The van der Waals surface area contributed by atoms with Crippen molar-refractivity contribution in [2.24, 2.45) is 0 Å². The lowest BCUT2D eigenvalue weighted by Crippen LogP contribution is -2.48. The van der Waals surface area contributed by atoms with Gasteiger partial charge in [-0.2, -0.15) is 0 Å². The van der Waals surface area contributed by atoms with Gasteiger partial charge in [-0.15, -0.1) is 0 Å². The minimum absolute atomic E-state index is 0.234. The largest absolute Gasteiger partial charge is 0.395 e. The number of rotatable bonds is 22. The van der Waals surface area contributed by atoms with Crippen LogP contribution in [0, 0.1) is 0 Å². The van der Waals surface area contributed by atoms with Crippen molar-refractivity contribution in [2.45, 2.75) is 122 Å². The van der Waals surface area contributed by atoms with Crippen molar-refractivity contribution in [1.29, 1.82) is 0 Å². The van der Waals surface area contributed by atoms with Gasteiger partial charge in [-0.25, -0.2) is 0 Å². The molecule has 1 aliphatic heterocycles. The topological polar surface area (TPSA) is 43.8 Å². The maximum Gasteiger partial charge on any atom is 0.146 e. The average molecular weight is 439 g/mol. The molecule has 0 saturated carbocycles. The smallest absolute Gasteiger partial charge is 0.146 e. The third kappa shape index (κ3) is 17.7. The van der Waals surface area contributed by atoms with Gasteiger partial charge in [-0.05, 0) is 6.42 Å². The molecule has 1 N–H and O–H groups in total. The van der Waals surface area contributed by atoms with Crippen LogP contribution in [0.2, 0.25) is 0 Å². The van der Waals surface area contributed by atoms with E-state index in [4.69, 9.17) is 5.11 Å². The fourth-order valence-corrected chi connectivity index (χ4v) is 4.69. The van der Waals surface area contributed by atoms with Gasteiger partial charge < -0.3 is 5.11 Å². The molecular formula is C27H54N2O2. The van der Waals surface area contributed by atoms with Gasteiger partial charge in [-0.1, -0.05) is 110 Å². The summed E-state index contributed by atoms with van der Waals surface area (Å²) in [6, 6.07) is 0. The first-order valence-electron chi connectivity index (χ1n) is 13.8. The molecule has 1 saturated heterocycles. The third-order valence-corrected chi connectivity index (χ3v) is 6.84. The number of Topliss-reactive ketones (excluding diaryl/α,β-unsaturated/α-hetero) is 1. The number of aliphatic hydroxyl groups is 1. The summed E-state index contributed by atoms with van der Waals surface area (Å²) in [6.07, 6.45) is 24.2. The van der Waals surface area contributed by atoms with E-state index >= 15 is 0 Å². The number of carbonyl (C=O) groups is 1. The first kappa shape index (κ1) is 28.6. The summed E-state index contributed by atoms with van der Waals surface area (Å²) < 4.78 is 0. The fraction of sp³-hybridized carbons (Fsp3) is 0.963. The van der Waals surface area contributed by atoms with Crippen molar-refractivity contribution >= 4 is 5.78 Å². The lowest BCUT2D eigenvalue weighted by molar-refractivity contribution is -0.120. The highest BCUT2D eigenvalue weighted by Crippen LogP contribution is 2.14. The Morgan fingerprint density at radius 2 is 1.00 bits per heavy atom. The number of piperazine rings is 1. The van der Waals surface area contributed by atoms with Crippen LogP contribution in [-0.2, 0) is 4.79 Å². The molecular weight excluding hydrogens is 384 g/mol. The number of ketones is 1. The standard InChI is InChI=1S/C27H54N2O2/c1-2-3-4-5-6-7-8-9-10-11-12-13-14-15-16-17-18-19-27(31)26-29-22-20-28(21-23-29)24-25-30/h30H,2-26H2,1H3. The number of hydrogen-bond donors (Lipinski definition) is 1. The van der Waals surface area contributed by atoms with Gasteiger partial charge in [0.15, 0.2) is 0 Å². The van der Waals surface area contributed by atoms with Gasteiger partial charge >= 0.3 is 0 Å². The Morgan fingerprint density at radius 1 is 0.613 bits per heavy atom. The van der Waals surface area contributed by atoms with E-state index in [1.54, 1.807) is 0 Å². The van der Waals surface area contributed by atoms with Crippen LogP contribution in [0.5, 0.6) is 0 Å². The monoisotopic (exact) mass is 438 g/mol. The van der Waals surface area contributed by atoms with E-state index in [0.29, 0.717) is 12.3 Å². The van der Waals surface area contributed by atoms with Gasteiger partial charge in [0.1, 0.15) is 5.78 Å². The van der Waals surface area contributed by atoms with Gasteiger partial charge in [0.25, 0.3) is 0 Å². The minimum atomic E-state index is 0.234. The molecule has 0 aromatic rings. The molecule has 1 heterocycles. The summed E-state index contributed by atoms with van der Waals surface area (Å²) in [5, 5.41) is 9.00. The predicted octanol–water partition coefficient (Wildman–Crippen LogP) is 6.21. The van der Waals surface area contributed by atoms with Crippen LogP contribution in [0.25, 0.3) is 0 Å². The van der Waals surface area contributed by atoms with Crippen LogP contribution in [-0.4, -0.2) is 66.6 Å². The highest BCUT2D eigenvalue weighted by molar-refractivity contribution is 5.80. The SMILES string of the molecule is CCCCCCCCCCCCCCCCCCCC(=O)CN1CCN(CCO)CC1. The Bertz CT molecular complexity index is 395. The second-order valence-corrected chi connectivity index (χ2v) is 9.79. The third-order valence-electron chi connectivity index (χ3n) is 6.84. The lowest BCUT2D eigenvalue weighted by Gasteiger charge is -2.33. The zero-order chi connectivity index (χ0) is 22.4. The molecule has 0 aromatic heterocycles. The molecule has 0 unspecified atom stereocenters. The second kappa shape index (κ2) is 21.4. The Morgan fingerprint density at radius 3 is 1.42 bits per heavy atom. The van der Waals surface area contributed by atoms with E-state index in [9.17, 15) is 4.79 Å². The van der Waals surface area contributed by atoms with Crippen LogP contribution in [0.4, 0.5) is 0 Å². The molecule has 4 heteroatoms. The zero-order valence-corrected chi connectivity index (χ0v) is 20.9. The molecule has 31 heavy (non-hydrogen) atoms. The van der Waals surface area contributed by atoms with Crippen LogP contribution >= 0.6 is 0 Å². The molecule has 1 rings (SSSR count). The second-order valence-electron chi connectivity index (χ2n) is 9.79. The van der Waals surface area contributed by atoms with Crippen LogP contribution in [0.1, 0.15) is 122 Å². The molecule has 0 amide bonds. The van der Waals surface area contributed by atoms with Crippen molar-refractivity contribution in [3.63, 3.8) is 0 Å². The lowest BCUT2D eigenvalue weighted by atomic mass is 10.0. The highest BCUT2D eigenvalue weighted by atomic mass is 16.3. The number of aliphatic hydroxyl groups excluding tert-OH is 1. The van der Waals surface area contributed by atoms with Crippen LogP contribution < -0.4 is 0 Å². The summed E-state index contributed by atoms with van der Waals surface area (Å²) in [4.78, 5) is 16.7. The van der Waals surface area contributed by atoms with E-state index in [2.05, 4.69) is 16.7 Å². The summed E-state index contributed by atoms with van der Waals surface area (Å²) in [7, 11) is 0. The maximum absolute atomic E-state index is 12.2. The number of β-amino-alcohol motifs (C(OH)–C–C–N with tert-alkyl or cyclic N) is 1. The normalized spacial score (nSPS) is 15.5. The quantitative estimate of drug-likeness (QED) is 0.204. The van der Waals surface area contributed by atoms with Crippen LogP contribution in [0.3, 0.4) is 0 Å². The molecule has 0 aromatic carbocycles. The molecule has 0 radical (unpaired) electrons. The van der Waals surface area contributed by atoms with Crippen molar-refractivity contribution in [2.75, 3.05) is 45.9 Å². The molecule has 0 atom stereocenters. The van der Waals surface area contributed by atoms with E-state index in [1.165, 1.54) is 103 Å². The fourth-order valence-electron chi connectivity index (χ4n) is 4.69. The maximum atomic E-state index is 12.2. The summed E-state index contributed by atoms with van der Waals surface area (Å²) >= 11 is 0. The van der Waals surface area contributed by atoms with Crippen LogP contribution in [0.15, 0.2) is 0 Å². The summed E-state index contributed by atoms with van der Waals surface area (Å²) in [5.74, 6) is 0.413. The van der Waals surface area contributed by atoms with Crippen molar-refractivity contribution in [3.05, 3.63) is 0 Å². The molecule has 0 bridgehead atoms. The highest BCUT2D eigenvalue weighted by Gasteiger charge is 2.18. The first-order chi connectivity index (χ1) is 15.3. The van der Waals surface area contributed by atoms with Gasteiger partial charge in [-0.3, -0.25) is 14.6 Å². The van der Waals surface area contributed by atoms with E-state index in [-0.39, 0.29) is 6.61 Å². The van der Waals surface area contributed by atoms with E-state index < -0.39 is 0 Å². The average Bonchev–Trinajstić information content (AvgIpc) is 2.77. The molecule has 1 fully saturated rings. The van der Waals surface area contributed by atoms with Gasteiger partial charge in [0.05, 0.1) is 13.2 Å². The zero-order valence-electron chi connectivity index (χ0n) is 20.9. The summed E-state index contributed by atoms with van der Waals surface area (Å²) in [5.41, 5.74) is 0. The van der Waals surface area contributed by atoms with E-state index in [1.807, 2.05) is 0 Å². The van der Waals surface area contributed by atoms with E-state index in [0.717, 1.165) is 45.6 Å².